The van der Waals surface area contributed by atoms with Crippen molar-refractivity contribution in [3.8, 4) is 0 Å². The second-order valence-corrected chi connectivity index (χ2v) is 6.40. The van der Waals surface area contributed by atoms with Crippen molar-refractivity contribution in [1.29, 1.82) is 0 Å². The van der Waals surface area contributed by atoms with Crippen LogP contribution in [-0.2, 0) is 19.3 Å². The molecular weight excluding hydrogens is 232 g/mol. The van der Waals surface area contributed by atoms with E-state index in [0.29, 0.717) is 32.7 Å². The van der Waals surface area contributed by atoms with E-state index in [1.807, 2.05) is 0 Å². The molecule has 0 saturated carbocycles. The van der Waals surface area contributed by atoms with Gasteiger partial charge in [0.1, 0.15) is 15.9 Å². The van der Waals surface area contributed by atoms with Crippen molar-refractivity contribution in [2.45, 2.75) is 32.0 Å². The summed E-state index contributed by atoms with van der Waals surface area (Å²) in [6, 6.07) is 0. The molecule has 0 aromatic carbocycles. The molecule has 0 aromatic rings. The van der Waals surface area contributed by atoms with Gasteiger partial charge in [-0.05, 0) is 12.8 Å². The van der Waals surface area contributed by atoms with Crippen molar-refractivity contribution < 1.29 is 23.0 Å². The molecular formula is C10H20O5S. The number of ether oxygens (including phenoxy) is 2. The molecule has 1 aliphatic heterocycles. The van der Waals surface area contributed by atoms with Crippen LogP contribution < -0.4 is 0 Å². The van der Waals surface area contributed by atoms with E-state index >= 15 is 0 Å². The topological polar surface area (TPSA) is 72.8 Å². The average molecular weight is 252 g/mol. The highest BCUT2D eigenvalue weighted by Crippen LogP contribution is 2.11. The monoisotopic (exact) mass is 252 g/mol. The molecule has 1 fully saturated rings. The van der Waals surface area contributed by atoms with Gasteiger partial charge in [-0.15, -0.1) is 0 Å². The molecule has 5 nitrogen and oxygen atoms in total. The van der Waals surface area contributed by atoms with E-state index in [1.54, 1.807) is 6.92 Å². The van der Waals surface area contributed by atoms with Crippen molar-refractivity contribution >= 4 is 9.84 Å². The second kappa shape index (κ2) is 6.54. The number of aliphatic hydroxyl groups excluding tert-OH is 1. The molecule has 1 aliphatic rings. The summed E-state index contributed by atoms with van der Waals surface area (Å²) < 4.78 is 32.9. The molecule has 0 spiro atoms. The van der Waals surface area contributed by atoms with Crippen molar-refractivity contribution in [3.63, 3.8) is 0 Å². The number of hydrogen-bond donors (Lipinski definition) is 1. The Morgan fingerprint density at radius 3 is 2.75 bits per heavy atom. The summed E-state index contributed by atoms with van der Waals surface area (Å²) in [6.07, 6.45) is -0.0322. The molecule has 1 saturated heterocycles. The Labute approximate surface area is 96.7 Å². The Bertz CT molecular complexity index is 282. The molecule has 1 rings (SSSR count). The Hall–Kier alpha value is -0.170. The van der Waals surface area contributed by atoms with Crippen LogP contribution in [0.2, 0.25) is 0 Å². The molecule has 96 valence electrons. The summed E-state index contributed by atoms with van der Waals surface area (Å²) in [5, 5.41) is 9.74. The molecule has 0 aliphatic carbocycles. The lowest BCUT2D eigenvalue weighted by molar-refractivity contribution is -0.133. The van der Waals surface area contributed by atoms with E-state index in [9.17, 15) is 13.5 Å². The lowest BCUT2D eigenvalue weighted by Gasteiger charge is -2.27. The first-order chi connectivity index (χ1) is 7.55. The van der Waals surface area contributed by atoms with Gasteiger partial charge in [-0.1, -0.05) is 6.92 Å². The van der Waals surface area contributed by atoms with Gasteiger partial charge in [-0.25, -0.2) is 8.42 Å². The molecule has 1 N–H and O–H groups in total. The Morgan fingerprint density at radius 1 is 1.44 bits per heavy atom. The van der Waals surface area contributed by atoms with Gasteiger partial charge < -0.3 is 14.6 Å². The molecule has 6 heteroatoms. The summed E-state index contributed by atoms with van der Waals surface area (Å²) in [7, 11) is -2.93. The van der Waals surface area contributed by atoms with E-state index in [2.05, 4.69) is 0 Å². The molecule has 16 heavy (non-hydrogen) atoms. The first-order valence-electron chi connectivity index (χ1n) is 5.63. The molecule has 0 amide bonds. The minimum Gasteiger partial charge on any atom is -0.390 e. The lowest BCUT2D eigenvalue weighted by Crippen LogP contribution is -2.38. The zero-order valence-electron chi connectivity index (χ0n) is 9.59. The highest BCUT2D eigenvalue weighted by molar-refractivity contribution is 7.91. The van der Waals surface area contributed by atoms with Crippen molar-refractivity contribution in [3.05, 3.63) is 0 Å². The summed E-state index contributed by atoms with van der Waals surface area (Å²) in [5.41, 5.74) is 0. The van der Waals surface area contributed by atoms with Crippen LogP contribution in [0.3, 0.4) is 0 Å². The van der Waals surface area contributed by atoms with Crippen LogP contribution in [0, 0.1) is 0 Å². The number of sulfone groups is 1. The Balaban J connectivity index is 2.21. The third-order valence-corrected chi connectivity index (χ3v) is 4.46. The van der Waals surface area contributed by atoms with E-state index in [-0.39, 0.29) is 17.6 Å². The first-order valence-corrected chi connectivity index (χ1v) is 7.45. The number of aliphatic hydroxyl groups is 1. The first kappa shape index (κ1) is 13.9. The number of hydrogen-bond acceptors (Lipinski definition) is 5. The second-order valence-electron chi connectivity index (χ2n) is 3.93. The van der Waals surface area contributed by atoms with Crippen molar-refractivity contribution in [2.24, 2.45) is 0 Å². The fraction of sp³-hybridized carbons (Fsp3) is 1.00. The van der Waals surface area contributed by atoms with Gasteiger partial charge >= 0.3 is 0 Å². The van der Waals surface area contributed by atoms with Crippen LogP contribution in [0.5, 0.6) is 0 Å². The van der Waals surface area contributed by atoms with Crippen LogP contribution in [0.15, 0.2) is 0 Å². The summed E-state index contributed by atoms with van der Waals surface area (Å²) >= 11 is 0. The van der Waals surface area contributed by atoms with Gasteiger partial charge in [0.2, 0.25) is 0 Å². The maximum atomic E-state index is 11.2. The third kappa shape index (κ3) is 4.78. The standard InChI is InChI=1S/C10H20O5S/c1-2-16(12,13)7-3-4-9(11)10-8-14-5-6-15-10/h9-11H,2-8H2,1H3. The zero-order valence-corrected chi connectivity index (χ0v) is 10.4. The van der Waals surface area contributed by atoms with Gasteiger partial charge in [0.15, 0.2) is 0 Å². The van der Waals surface area contributed by atoms with E-state index in [0.717, 1.165) is 0 Å². The van der Waals surface area contributed by atoms with Gasteiger partial charge in [0, 0.05) is 5.75 Å². The number of rotatable bonds is 6. The highest BCUT2D eigenvalue weighted by Gasteiger charge is 2.23. The molecule has 2 unspecified atom stereocenters. The third-order valence-electron chi connectivity index (χ3n) is 2.67. The van der Waals surface area contributed by atoms with E-state index in [4.69, 9.17) is 9.47 Å². The minimum absolute atomic E-state index is 0.133. The van der Waals surface area contributed by atoms with Crippen LogP contribution >= 0.6 is 0 Å². The summed E-state index contributed by atoms with van der Waals surface area (Å²) in [6.45, 7) is 3.08. The normalized spacial score (nSPS) is 24.2. The molecule has 0 bridgehead atoms. The average Bonchev–Trinajstić information content (AvgIpc) is 2.30. The predicted octanol–water partition coefficient (Wildman–Crippen LogP) is -0.0224. The smallest absolute Gasteiger partial charge is 0.150 e. The Morgan fingerprint density at radius 2 is 2.19 bits per heavy atom. The van der Waals surface area contributed by atoms with Crippen LogP contribution in [0.1, 0.15) is 19.8 Å². The lowest BCUT2D eigenvalue weighted by atomic mass is 10.1. The van der Waals surface area contributed by atoms with E-state index in [1.165, 1.54) is 0 Å². The minimum atomic E-state index is -2.93. The quantitative estimate of drug-likeness (QED) is 0.719. The van der Waals surface area contributed by atoms with Crippen LogP contribution in [-0.4, -0.2) is 57.1 Å². The molecule has 1 heterocycles. The van der Waals surface area contributed by atoms with Gasteiger partial charge in [-0.3, -0.25) is 0 Å². The summed E-state index contributed by atoms with van der Waals surface area (Å²) in [5.74, 6) is 0.292. The van der Waals surface area contributed by atoms with Crippen molar-refractivity contribution in [2.75, 3.05) is 31.3 Å². The highest BCUT2D eigenvalue weighted by atomic mass is 32.2. The largest absolute Gasteiger partial charge is 0.390 e. The van der Waals surface area contributed by atoms with Crippen LogP contribution in [0.25, 0.3) is 0 Å². The predicted molar refractivity (Wildman–Crippen MR) is 60.1 cm³/mol. The molecule has 0 aromatic heterocycles. The maximum absolute atomic E-state index is 11.2. The molecule has 2 atom stereocenters. The van der Waals surface area contributed by atoms with E-state index < -0.39 is 15.9 Å². The van der Waals surface area contributed by atoms with Gasteiger partial charge in [0.25, 0.3) is 0 Å². The van der Waals surface area contributed by atoms with Gasteiger partial charge in [0.05, 0.1) is 31.7 Å². The van der Waals surface area contributed by atoms with Crippen LogP contribution in [0.4, 0.5) is 0 Å². The molecule has 0 radical (unpaired) electrons. The van der Waals surface area contributed by atoms with Crippen molar-refractivity contribution in [1.82, 2.24) is 0 Å². The fourth-order valence-corrected chi connectivity index (χ4v) is 2.47. The fourth-order valence-electron chi connectivity index (χ4n) is 1.57. The maximum Gasteiger partial charge on any atom is 0.150 e. The van der Waals surface area contributed by atoms with Gasteiger partial charge in [-0.2, -0.15) is 0 Å². The summed E-state index contributed by atoms with van der Waals surface area (Å²) in [4.78, 5) is 0. The zero-order chi connectivity index (χ0) is 12.0. The Kier molecular flexibility index (Phi) is 5.68. The SMILES string of the molecule is CCS(=O)(=O)CCCC(O)C1COCCO1.